The van der Waals surface area contributed by atoms with Gasteiger partial charge in [0, 0.05) is 6.54 Å². The van der Waals surface area contributed by atoms with Gasteiger partial charge in [0.05, 0.1) is 30.3 Å². The molecule has 1 N–H and O–H groups in total. The predicted octanol–water partition coefficient (Wildman–Crippen LogP) is 1.54. The summed E-state index contributed by atoms with van der Waals surface area (Å²) in [5.74, 6) is -0.433. The van der Waals surface area contributed by atoms with Crippen molar-refractivity contribution in [3.63, 3.8) is 0 Å². The minimum atomic E-state index is -4.33. The van der Waals surface area contributed by atoms with Crippen LogP contribution in [-0.4, -0.2) is 60.4 Å². The first-order chi connectivity index (χ1) is 9.20. The molecule has 114 valence electrons. The van der Waals surface area contributed by atoms with Crippen LogP contribution in [0, 0.1) is 0 Å². The van der Waals surface area contributed by atoms with Crippen LogP contribution in [0.1, 0.15) is 10.5 Å². The van der Waals surface area contributed by atoms with Crippen molar-refractivity contribution in [1.82, 2.24) is 20.0 Å². The van der Waals surface area contributed by atoms with Crippen molar-refractivity contribution in [2.45, 2.75) is 12.7 Å². The van der Waals surface area contributed by atoms with Crippen LogP contribution in [0.2, 0.25) is 0 Å². The average Bonchev–Trinajstić information content (AvgIpc) is 2.66. The first-order valence-corrected chi connectivity index (χ1v) is 6.66. The first-order valence-electron chi connectivity index (χ1n) is 5.87. The second-order valence-corrected chi connectivity index (χ2v) is 5.36. The normalized spacial score (nSPS) is 12.2. The molecule has 0 aliphatic heterocycles. The molecule has 5 nitrogen and oxygen atoms in total. The van der Waals surface area contributed by atoms with Gasteiger partial charge < -0.3 is 10.2 Å². The van der Waals surface area contributed by atoms with Gasteiger partial charge in [-0.05, 0) is 30.0 Å². The van der Waals surface area contributed by atoms with Gasteiger partial charge in [-0.15, -0.1) is 0 Å². The molecular weight excluding hydrogens is 341 g/mol. The van der Waals surface area contributed by atoms with E-state index in [-0.39, 0.29) is 12.2 Å². The van der Waals surface area contributed by atoms with Gasteiger partial charge in [-0.3, -0.25) is 9.48 Å². The highest BCUT2D eigenvalue weighted by atomic mass is 79.9. The number of ketones is 1. The molecular formula is C11H16BrF3N4O. The highest BCUT2D eigenvalue weighted by Gasteiger charge is 2.27. The summed E-state index contributed by atoms with van der Waals surface area (Å²) >= 11 is 3.19. The molecule has 0 aliphatic rings. The number of hydrogen-bond acceptors (Lipinski definition) is 4. The van der Waals surface area contributed by atoms with E-state index < -0.39 is 18.5 Å². The van der Waals surface area contributed by atoms with E-state index in [1.807, 2.05) is 19.0 Å². The molecule has 0 saturated heterocycles. The van der Waals surface area contributed by atoms with Gasteiger partial charge in [0.1, 0.15) is 5.69 Å². The summed E-state index contributed by atoms with van der Waals surface area (Å²) < 4.78 is 38.0. The fraction of sp³-hybridized carbons (Fsp3) is 0.636. The van der Waals surface area contributed by atoms with Crippen molar-refractivity contribution in [1.29, 1.82) is 0 Å². The van der Waals surface area contributed by atoms with Crippen LogP contribution < -0.4 is 5.32 Å². The minimum Gasteiger partial charge on any atom is -0.308 e. The summed E-state index contributed by atoms with van der Waals surface area (Å²) in [7, 11) is 3.76. The van der Waals surface area contributed by atoms with Crippen molar-refractivity contribution in [2.24, 2.45) is 0 Å². The number of likely N-dealkylation sites (N-methyl/N-ethyl adjacent to an activating group) is 1. The largest absolute Gasteiger partial charge is 0.401 e. The van der Waals surface area contributed by atoms with Crippen LogP contribution in [0.4, 0.5) is 13.2 Å². The third-order valence-electron chi connectivity index (χ3n) is 2.43. The Bertz CT molecular complexity index is 459. The number of nitrogens with zero attached hydrogens (tertiary/aromatic N) is 3. The summed E-state index contributed by atoms with van der Waals surface area (Å²) in [4.78, 5) is 13.9. The highest BCUT2D eigenvalue weighted by molar-refractivity contribution is 9.10. The van der Waals surface area contributed by atoms with E-state index in [0.717, 1.165) is 0 Å². The number of carbonyl (C=O) groups excluding carboxylic acids is 1. The molecule has 1 aromatic rings. The van der Waals surface area contributed by atoms with E-state index in [2.05, 4.69) is 26.3 Å². The van der Waals surface area contributed by atoms with Gasteiger partial charge in [0.15, 0.2) is 5.78 Å². The summed E-state index contributed by atoms with van der Waals surface area (Å²) in [6.45, 7) is -0.419. The standard InChI is InChI=1S/C11H16BrF3N4O/c1-18(2)3-4-19-10(8(12)5-17-19)9(20)6-16-7-11(13,14)15/h5,16H,3-4,6-7H2,1-2H3. The molecule has 1 rings (SSSR count). The maximum atomic E-state index is 12.0. The second-order valence-electron chi connectivity index (χ2n) is 4.51. The minimum absolute atomic E-state index is 0.279. The van der Waals surface area contributed by atoms with Gasteiger partial charge >= 0.3 is 6.18 Å². The fourth-order valence-electron chi connectivity index (χ4n) is 1.51. The summed E-state index contributed by atoms with van der Waals surface area (Å²) in [6, 6.07) is 0. The molecule has 0 spiro atoms. The van der Waals surface area contributed by atoms with E-state index in [4.69, 9.17) is 0 Å². The zero-order valence-electron chi connectivity index (χ0n) is 11.2. The van der Waals surface area contributed by atoms with Gasteiger partial charge in [-0.25, -0.2) is 0 Å². The molecule has 0 saturated carbocycles. The lowest BCUT2D eigenvalue weighted by atomic mass is 10.2. The summed E-state index contributed by atoms with van der Waals surface area (Å²) in [6.07, 6.45) is -2.87. The fourth-order valence-corrected chi connectivity index (χ4v) is 2.02. The number of hydrogen-bond donors (Lipinski definition) is 1. The van der Waals surface area contributed by atoms with Crippen molar-refractivity contribution in [3.8, 4) is 0 Å². The SMILES string of the molecule is CN(C)CCn1ncc(Br)c1C(=O)CNCC(F)(F)F. The third-order valence-corrected chi connectivity index (χ3v) is 3.01. The van der Waals surface area contributed by atoms with Crippen molar-refractivity contribution in [2.75, 3.05) is 33.7 Å². The molecule has 20 heavy (non-hydrogen) atoms. The van der Waals surface area contributed by atoms with E-state index >= 15 is 0 Å². The third kappa shape index (κ3) is 5.59. The van der Waals surface area contributed by atoms with E-state index in [1.54, 1.807) is 0 Å². The van der Waals surface area contributed by atoms with Crippen molar-refractivity contribution in [3.05, 3.63) is 16.4 Å². The van der Waals surface area contributed by atoms with Crippen LogP contribution in [0.5, 0.6) is 0 Å². The molecule has 0 atom stereocenters. The molecule has 0 fully saturated rings. The van der Waals surface area contributed by atoms with Crippen LogP contribution in [0.25, 0.3) is 0 Å². The lowest BCUT2D eigenvalue weighted by Gasteiger charge is -2.12. The Balaban J connectivity index is 2.65. The molecule has 0 aromatic carbocycles. The van der Waals surface area contributed by atoms with Crippen molar-refractivity contribution < 1.29 is 18.0 Å². The number of nitrogens with one attached hydrogen (secondary N) is 1. The van der Waals surface area contributed by atoms with Crippen LogP contribution >= 0.6 is 15.9 Å². The number of rotatable bonds is 7. The van der Waals surface area contributed by atoms with E-state index in [1.165, 1.54) is 10.9 Å². The molecule has 0 amide bonds. The van der Waals surface area contributed by atoms with Crippen LogP contribution in [-0.2, 0) is 6.54 Å². The average molecular weight is 357 g/mol. The molecule has 1 heterocycles. The smallest absolute Gasteiger partial charge is 0.308 e. The van der Waals surface area contributed by atoms with Gasteiger partial charge in [0.25, 0.3) is 0 Å². The molecule has 0 bridgehead atoms. The Morgan fingerprint density at radius 3 is 2.70 bits per heavy atom. The number of alkyl halides is 3. The monoisotopic (exact) mass is 356 g/mol. The van der Waals surface area contributed by atoms with Gasteiger partial charge in [-0.2, -0.15) is 18.3 Å². The molecule has 0 aliphatic carbocycles. The molecule has 0 unspecified atom stereocenters. The van der Waals surface area contributed by atoms with Crippen LogP contribution in [0.15, 0.2) is 10.7 Å². The molecule has 9 heteroatoms. The Morgan fingerprint density at radius 2 is 2.15 bits per heavy atom. The Hall–Kier alpha value is -0.930. The summed E-state index contributed by atoms with van der Waals surface area (Å²) in [5.41, 5.74) is 0.279. The predicted molar refractivity (Wildman–Crippen MR) is 71.7 cm³/mol. The Labute approximate surface area is 123 Å². The number of carbonyl (C=O) groups is 1. The molecule has 0 radical (unpaired) electrons. The maximum Gasteiger partial charge on any atom is 0.401 e. The zero-order valence-corrected chi connectivity index (χ0v) is 12.8. The van der Waals surface area contributed by atoms with Crippen molar-refractivity contribution >= 4 is 21.7 Å². The van der Waals surface area contributed by atoms with E-state index in [9.17, 15) is 18.0 Å². The van der Waals surface area contributed by atoms with Gasteiger partial charge in [-0.1, -0.05) is 0 Å². The topological polar surface area (TPSA) is 50.2 Å². The lowest BCUT2D eigenvalue weighted by Crippen LogP contribution is -2.34. The number of aromatic nitrogens is 2. The highest BCUT2D eigenvalue weighted by Crippen LogP contribution is 2.17. The van der Waals surface area contributed by atoms with Crippen LogP contribution in [0.3, 0.4) is 0 Å². The number of halogens is 4. The quantitative estimate of drug-likeness (QED) is 0.753. The number of Topliss-reactive ketones (excluding diaryl/α,β-unsaturated/α-hetero) is 1. The first kappa shape index (κ1) is 17.1. The van der Waals surface area contributed by atoms with E-state index in [0.29, 0.717) is 17.6 Å². The second kappa shape index (κ2) is 7.19. The molecule has 1 aromatic heterocycles. The maximum absolute atomic E-state index is 12.0. The Kier molecular flexibility index (Phi) is 6.15. The lowest BCUT2D eigenvalue weighted by molar-refractivity contribution is -0.124. The van der Waals surface area contributed by atoms with Gasteiger partial charge in [0.2, 0.25) is 0 Å². The summed E-state index contributed by atoms with van der Waals surface area (Å²) in [5, 5.41) is 6.12. The zero-order chi connectivity index (χ0) is 15.3. The Morgan fingerprint density at radius 1 is 1.50 bits per heavy atom.